The van der Waals surface area contributed by atoms with Gasteiger partial charge in [0.25, 0.3) is 0 Å². The van der Waals surface area contributed by atoms with Gasteiger partial charge in [0, 0.05) is 28.9 Å². The molecule has 0 amide bonds. The number of nitrogens with one attached hydrogen (secondary N) is 1. The van der Waals surface area contributed by atoms with Crippen LogP contribution in [0.25, 0.3) is 22.0 Å². The smallest absolute Gasteiger partial charge is 0.200 e. The van der Waals surface area contributed by atoms with E-state index in [0.717, 1.165) is 33.5 Å². The summed E-state index contributed by atoms with van der Waals surface area (Å²) in [5, 5.41) is 18.5. The fourth-order valence-corrected chi connectivity index (χ4v) is 4.70. The molecule has 0 atom stereocenters. The third kappa shape index (κ3) is 4.54. The number of aliphatic hydroxyl groups is 1. The second-order valence-electron chi connectivity index (χ2n) is 8.93. The van der Waals surface area contributed by atoms with E-state index < -0.39 is 0 Å². The number of Topliss-reactive ketones (excluding diaryl/α,β-unsaturated/α-hetero) is 1. The molecule has 8 heteroatoms. The molecule has 0 radical (unpaired) electrons. The Morgan fingerprint density at radius 1 is 1.18 bits per heavy atom. The zero-order valence-electron chi connectivity index (χ0n) is 19.0. The van der Waals surface area contributed by atoms with Crippen molar-refractivity contribution in [2.75, 3.05) is 5.32 Å². The quantitative estimate of drug-likeness (QED) is 0.339. The average Bonchev–Trinajstić information content (AvgIpc) is 3.13. The number of hydrogen-bond acceptors (Lipinski definition) is 7. The fraction of sp³-hybridized carbons (Fsp3) is 0.308. The van der Waals surface area contributed by atoms with Crippen LogP contribution < -0.4 is 5.32 Å². The lowest BCUT2D eigenvalue weighted by Crippen LogP contribution is -2.30. The molecular weight excluding hydrogens is 452 g/mol. The zero-order valence-corrected chi connectivity index (χ0v) is 19.8. The number of carbonyl (C=O) groups is 1. The summed E-state index contributed by atoms with van der Waals surface area (Å²) < 4.78 is 5.35. The maximum atomic E-state index is 12.9. The molecule has 0 bridgehead atoms. The van der Waals surface area contributed by atoms with Gasteiger partial charge in [-0.1, -0.05) is 35.0 Å². The molecule has 0 unspecified atom stereocenters. The molecule has 0 aliphatic heterocycles. The Morgan fingerprint density at radius 3 is 2.71 bits per heavy atom. The molecule has 7 nitrogen and oxygen atoms in total. The Labute approximate surface area is 202 Å². The summed E-state index contributed by atoms with van der Waals surface area (Å²) in [6, 6.07) is 13.4. The lowest BCUT2D eigenvalue weighted by molar-refractivity contribution is 0.0379. The van der Waals surface area contributed by atoms with Crippen molar-refractivity contribution in [3.63, 3.8) is 0 Å². The minimum absolute atomic E-state index is 0.112. The maximum Gasteiger partial charge on any atom is 0.200 e. The number of halogens is 1. The third-order valence-corrected chi connectivity index (χ3v) is 6.54. The number of fused-ring (bicyclic) bond motifs is 1. The van der Waals surface area contributed by atoms with Crippen molar-refractivity contribution in [2.45, 2.75) is 45.8 Å². The molecule has 4 aromatic rings. The second kappa shape index (κ2) is 9.16. The van der Waals surface area contributed by atoms with Gasteiger partial charge in [0.15, 0.2) is 11.6 Å². The van der Waals surface area contributed by atoms with Crippen molar-refractivity contribution in [1.82, 2.24) is 15.1 Å². The molecule has 174 valence electrons. The molecule has 34 heavy (non-hydrogen) atoms. The van der Waals surface area contributed by atoms with Crippen molar-refractivity contribution in [3.8, 4) is 11.1 Å². The lowest BCUT2D eigenvalue weighted by atomic mass is 9.79. The van der Waals surface area contributed by atoms with Gasteiger partial charge in [0.05, 0.1) is 17.3 Å². The van der Waals surface area contributed by atoms with Gasteiger partial charge in [0.2, 0.25) is 0 Å². The predicted molar refractivity (Wildman–Crippen MR) is 131 cm³/mol. The number of carbonyl (C=O) groups excluding carboxylic acids is 1. The van der Waals surface area contributed by atoms with E-state index in [1.54, 1.807) is 0 Å². The molecule has 2 heterocycles. The molecule has 2 aromatic heterocycles. The van der Waals surface area contributed by atoms with Gasteiger partial charge in [0.1, 0.15) is 11.6 Å². The van der Waals surface area contributed by atoms with Crippen LogP contribution in [-0.4, -0.2) is 32.1 Å². The fourth-order valence-electron chi connectivity index (χ4n) is 4.49. The molecule has 1 aliphatic rings. The van der Waals surface area contributed by atoms with Crippen LogP contribution in [0.4, 0.5) is 5.82 Å². The minimum atomic E-state index is -0.298. The van der Waals surface area contributed by atoms with Crippen LogP contribution in [-0.2, 0) is 6.54 Å². The first-order valence-corrected chi connectivity index (χ1v) is 11.7. The van der Waals surface area contributed by atoms with E-state index in [-0.39, 0.29) is 23.6 Å². The Hall–Kier alpha value is -3.29. The number of nitrogens with zero attached hydrogens (tertiary/aromatic N) is 3. The Balaban J connectivity index is 1.53. The van der Waals surface area contributed by atoms with Crippen molar-refractivity contribution in [1.29, 1.82) is 0 Å². The molecule has 2 N–H and O–H groups in total. The van der Waals surface area contributed by atoms with E-state index >= 15 is 0 Å². The van der Waals surface area contributed by atoms with E-state index in [2.05, 4.69) is 20.4 Å². The molecular formula is C26H25ClN4O3. The number of aliphatic hydroxyl groups excluding tert-OH is 1. The highest BCUT2D eigenvalue weighted by Crippen LogP contribution is 2.33. The van der Waals surface area contributed by atoms with Gasteiger partial charge in [-0.15, -0.1) is 0 Å². The summed E-state index contributed by atoms with van der Waals surface area (Å²) in [4.78, 5) is 22.1. The van der Waals surface area contributed by atoms with Gasteiger partial charge in [-0.25, -0.2) is 9.97 Å². The molecule has 0 spiro atoms. The highest BCUT2D eigenvalue weighted by molar-refractivity contribution is 6.30. The highest BCUT2D eigenvalue weighted by atomic mass is 35.5. The van der Waals surface area contributed by atoms with Crippen molar-refractivity contribution in [2.24, 2.45) is 5.92 Å². The van der Waals surface area contributed by atoms with Gasteiger partial charge >= 0.3 is 0 Å². The largest absolute Gasteiger partial charge is 0.393 e. The number of aromatic nitrogens is 3. The lowest BCUT2D eigenvalue weighted by Gasteiger charge is -2.30. The van der Waals surface area contributed by atoms with Crippen LogP contribution in [0.1, 0.15) is 46.9 Å². The number of ketones is 1. The molecule has 1 aliphatic carbocycles. The van der Waals surface area contributed by atoms with Crippen LogP contribution in [0.15, 0.2) is 47.0 Å². The first-order valence-electron chi connectivity index (χ1n) is 11.3. The summed E-state index contributed by atoms with van der Waals surface area (Å²) in [7, 11) is 0. The van der Waals surface area contributed by atoms with Crippen LogP contribution in [0, 0.1) is 19.8 Å². The van der Waals surface area contributed by atoms with E-state index in [1.165, 1.54) is 0 Å². The highest BCUT2D eigenvalue weighted by Gasteiger charge is 2.30. The molecule has 2 aromatic carbocycles. The van der Waals surface area contributed by atoms with Crippen molar-refractivity contribution >= 4 is 34.1 Å². The van der Waals surface area contributed by atoms with E-state index in [1.807, 2.05) is 56.3 Å². The first kappa shape index (κ1) is 22.5. The van der Waals surface area contributed by atoms with Gasteiger partial charge < -0.3 is 14.9 Å². The minimum Gasteiger partial charge on any atom is -0.393 e. The van der Waals surface area contributed by atoms with Crippen molar-refractivity contribution < 1.29 is 14.4 Å². The molecule has 5 rings (SSSR count). The molecule has 1 saturated carbocycles. The van der Waals surface area contributed by atoms with Crippen LogP contribution in [0.3, 0.4) is 0 Å². The zero-order chi connectivity index (χ0) is 23.8. The Morgan fingerprint density at radius 2 is 2.00 bits per heavy atom. The van der Waals surface area contributed by atoms with Crippen LogP contribution in [0.5, 0.6) is 0 Å². The van der Waals surface area contributed by atoms with Gasteiger partial charge in [-0.2, -0.15) is 0 Å². The number of hydrogen-bond donors (Lipinski definition) is 2. The second-order valence-corrected chi connectivity index (χ2v) is 9.37. The summed E-state index contributed by atoms with van der Waals surface area (Å²) in [5.74, 6) is 1.58. The normalized spacial score (nSPS) is 17.5. The SMILES string of the molecule is Cc1noc(C)c1-c1ccc2nc(C(=O)CC3CC(O)C3)nc(NCc3cccc(Cl)c3)c2c1. The summed E-state index contributed by atoms with van der Waals surface area (Å²) in [6.07, 6.45) is 1.35. The average molecular weight is 477 g/mol. The van der Waals surface area contributed by atoms with E-state index in [9.17, 15) is 9.90 Å². The number of anilines is 1. The topological polar surface area (TPSA) is 101 Å². The number of rotatable bonds is 7. The van der Waals surface area contributed by atoms with E-state index in [0.29, 0.717) is 42.2 Å². The van der Waals surface area contributed by atoms with E-state index in [4.69, 9.17) is 16.1 Å². The van der Waals surface area contributed by atoms with Crippen LogP contribution >= 0.6 is 11.6 Å². The van der Waals surface area contributed by atoms with Crippen molar-refractivity contribution in [3.05, 3.63) is 70.3 Å². The monoisotopic (exact) mass is 476 g/mol. The molecule has 1 fully saturated rings. The Bertz CT molecular complexity index is 1360. The van der Waals surface area contributed by atoms with Gasteiger partial charge in [-0.3, -0.25) is 4.79 Å². The maximum absolute atomic E-state index is 12.9. The predicted octanol–water partition coefficient (Wildman–Crippen LogP) is 5.51. The molecule has 0 saturated heterocycles. The third-order valence-electron chi connectivity index (χ3n) is 6.30. The summed E-state index contributed by atoms with van der Waals surface area (Å²) >= 11 is 6.14. The number of aryl methyl sites for hydroxylation is 2. The Kier molecular flexibility index (Phi) is 6.06. The van der Waals surface area contributed by atoms with Crippen LogP contribution in [0.2, 0.25) is 5.02 Å². The summed E-state index contributed by atoms with van der Waals surface area (Å²) in [6.45, 7) is 4.28. The standard InChI is InChI=1S/C26H25ClN4O3/c1-14-24(15(2)34-31-14)18-6-7-22-21(12-18)25(28-13-16-4-3-5-19(27)8-16)30-26(29-22)23(33)11-17-9-20(32)10-17/h3-8,12,17,20,32H,9-11,13H2,1-2H3,(H,28,29,30). The first-order chi connectivity index (χ1) is 16.4. The van der Waals surface area contributed by atoms with Gasteiger partial charge in [-0.05, 0) is 68.0 Å². The summed E-state index contributed by atoms with van der Waals surface area (Å²) in [5.41, 5.74) is 4.36. The number of benzene rings is 2.